The molecule has 1 amide bonds. The maximum absolute atomic E-state index is 13.3. The fourth-order valence-corrected chi connectivity index (χ4v) is 2.75. The number of aromatic nitrogens is 2. The molecule has 7 heteroatoms. The van der Waals surface area contributed by atoms with Gasteiger partial charge in [-0.2, -0.15) is 0 Å². The Morgan fingerprint density at radius 3 is 2.56 bits per heavy atom. The number of nitrogens with one attached hydrogen (secondary N) is 2. The second-order valence-corrected chi connectivity index (χ2v) is 6.45. The minimum atomic E-state index is -0.547. The van der Waals surface area contributed by atoms with Crippen LogP contribution in [0.5, 0.6) is 0 Å². The lowest BCUT2D eigenvalue weighted by molar-refractivity contribution is 0.102. The molecule has 0 saturated carbocycles. The second kappa shape index (κ2) is 8.14. The first kappa shape index (κ1) is 18.8. The van der Waals surface area contributed by atoms with E-state index in [1.165, 1.54) is 18.2 Å². The number of amides is 1. The van der Waals surface area contributed by atoms with E-state index in [0.717, 1.165) is 5.56 Å². The van der Waals surface area contributed by atoms with Gasteiger partial charge in [0.2, 0.25) is 0 Å². The normalized spacial score (nSPS) is 11.7. The van der Waals surface area contributed by atoms with Crippen molar-refractivity contribution >= 4 is 29.0 Å². The lowest BCUT2D eigenvalue weighted by Crippen LogP contribution is -2.16. The van der Waals surface area contributed by atoms with Crippen molar-refractivity contribution < 1.29 is 9.18 Å². The Balaban J connectivity index is 1.78. The number of nitrogens with zero attached hydrogens (tertiary/aromatic N) is 2. The standard InChI is InChI=1S/C20H18ClFN4O/c1-12(14-6-4-3-5-7-14)23-19-11-18(24-13(2)25-19)20(27)26-15-8-9-17(22)16(21)10-15/h3-12H,1-2H3,(H,26,27)(H,23,24,25). The van der Waals surface area contributed by atoms with E-state index in [1.807, 2.05) is 37.3 Å². The molecule has 0 aliphatic rings. The highest BCUT2D eigenvalue weighted by Crippen LogP contribution is 2.21. The monoisotopic (exact) mass is 384 g/mol. The molecule has 0 radical (unpaired) electrons. The Morgan fingerprint density at radius 1 is 1.11 bits per heavy atom. The number of halogens is 2. The molecule has 0 bridgehead atoms. The molecule has 2 aromatic carbocycles. The Bertz CT molecular complexity index is 965. The first-order chi connectivity index (χ1) is 12.9. The molecule has 138 valence electrons. The molecule has 3 aromatic rings. The minimum absolute atomic E-state index is 0.00677. The number of rotatable bonds is 5. The summed E-state index contributed by atoms with van der Waals surface area (Å²) in [6.45, 7) is 3.72. The van der Waals surface area contributed by atoms with Crippen LogP contribution >= 0.6 is 11.6 Å². The van der Waals surface area contributed by atoms with Gasteiger partial charge in [-0.05, 0) is 37.6 Å². The molecule has 1 atom stereocenters. The lowest BCUT2D eigenvalue weighted by atomic mass is 10.1. The molecule has 0 aliphatic carbocycles. The number of carbonyl (C=O) groups excluding carboxylic acids is 1. The Labute approximate surface area is 161 Å². The van der Waals surface area contributed by atoms with Crippen molar-refractivity contribution in [2.24, 2.45) is 0 Å². The van der Waals surface area contributed by atoms with Crippen molar-refractivity contribution in [3.8, 4) is 0 Å². The molecule has 1 heterocycles. The number of hydrogen-bond donors (Lipinski definition) is 2. The third-order valence-electron chi connectivity index (χ3n) is 3.91. The summed E-state index contributed by atoms with van der Waals surface area (Å²) in [4.78, 5) is 21.0. The van der Waals surface area contributed by atoms with E-state index in [4.69, 9.17) is 11.6 Å². The smallest absolute Gasteiger partial charge is 0.274 e. The van der Waals surface area contributed by atoms with Gasteiger partial charge in [0.15, 0.2) is 0 Å². The van der Waals surface area contributed by atoms with E-state index in [9.17, 15) is 9.18 Å². The summed E-state index contributed by atoms with van der Waals surface area (Å²) in [6, 6.07) is 15.5. The topological polar surface area (TPSA) is 66.9 Å². The van der Waals surface area contributed by atoms with E-state index in [2.05, 4.69) is 20.6 Å². The molecule has 3 rings (SSSR count). The van der Waals surface area contributed by atoms with Crippen LogP contribution in [0.2, 0.25) is 5.02 Å². The molecule has 5 nitrogen and oxygen atoms in total. The van der Waals surface area contributed by atoms with Crippen molar-refractivity contribution in [1.29, 1.82) is 0 Å². The molecule has 0 fully saturated rings. The van der Waals surface area contributed by atoms with E-state index < -0.39 is 11.7 Å². The summed E-state index contributed by atoms with van der Waals surface area (Å²) in [5, 5.41) is 5.87. The molecular weight excluding hydrogens is 367 g/mol. The number of carbonyl (C=O) groups is 1. The van der Waals surface area contributed by atoms with Crippen LogP contribution in [0.1, 0.15) is 34.8 Å². The van der Waals surface area contributed by atoms with Crippen molar-refractivity contribution in [2.75, 3.05) is 10.6 Å². The Hall–Kier alpha value is -2.99. The largest absolute Gasteiger partial charge is 0.363 e. The third kappa shape index (κ3) is 4.80. The van der Waals surface area contributed by atoms with Crippen LogP contribution in [0.25, 0.3) is 0 Å². The van der Waals surface area contributed by atoms with Gasteiger partial charge in [-0.3, -0.25) is 4.79 Å². The highest BCUT2D eigenvalue weighted by Gasteiger charge is 2.13. The van der Waals surface area contributed by atoms with E-state index in [-0.39, 0.29) is 16.8 Å². The van der Waals surface area contributed by atoms with Gasteiger partial charge in [0, 0.05) is 17.8 Å². The highest BCUT2D eigenvalue weighted by atomic mass is 35.5. The van der Waals surface area contributed by atoms with Gasteiger partial charge < -0.3 is 10.6 Å². The average molecular weight is 385 g/mol. The van der Waals surface area contributed by atoms with E-state index in [1.54, 1.807) is 13.0 Å². The maximum atomic E-state index is 13.3. The Kier molecular flexibility index (Phi) is 5.66. The molecule has 0 saturated heterocycles. The molecular formula is C20H18ClFN4O. The lowest BCUT2D eigenvalue weighted by Gasteiger charge is -2.16. The van der Waals surface area contributed by atoms with Crippen LogP contribution in [-0.4, -0.2) is 15.9 Å². The van der Waals surface area contributed by atoms with Crippen molar-refractivity contribution in [3.63, 3.8) is 0 Å². The number of hydrogen-bond acceptors (Lipinski definition) is 4. The van der Waals surface area contributed by atoms with Crippen LogP contribution in [-0.2, 0) is 0 Å². The number of aryl methyl sites for hydroxylation is 1. The van der Waals surface area contributed by atoms with E-state index >= 15 is 0 Å². The SMILES string of the molecule is Cc1nc(NC(C)c2ccccc2)cc(C(=O)Nc2ccc(F)c(Cl)c2)n1. The second-order valence-electron chi connectivity index (χ2n) is 6.05. The van der Waals surface area contributed by atoms with Gasteiger partial charge in [0.1, 0.15) is 23.2 Å². The summed E-state index contributed by atoms with van der Waals surface area (Å²) in [7, 11) is 0. The summed E-state index contributed by atoms with van der Waals surface area (Å²) < 4.78 is 13.3. The third-order valence-corrected chi connectivity index (χ3v) is 4.20. The van der Waals surface area contributed by atoms with Crippen LogP contribution in [0.15, 0.2) is 54.6 Å². The first-order valence-corrected chi connectivity index (χ1v) is 8.74. The van der Waals surface area contributed by atoms with Gasteiger partial charge in [0.05, 0.1) is 5.02 Å². The first-order valence-electron chi connectivity index (χ1n) is 8.36. The van der Waals surface area contributed by atoms with Crippen molar-refractivity contribution in [2.45, 2.75) is 19.9 Å². The van der Waals surface area contributed by atoms with Gasteiger partial charge in [-0.15, -0.1) is 0 Å². The van der Waals surface area contributed by atoms with Gasteiger partial charge >= 0.3 is 0 Å². The summed E-state index contributed by atoms with van der Waals surface area (Å²) in [5.41, 5.74) is 1.68. The fraction of sp³-hybridized carbons (Fsp3) is 0.150. The Morgan fingerprint density at radius 2 is 1.85 bits per heavy atom. The van der Waals surface area contributed by atoms with Crippen LogP contribution in [0.4, 0.5) is 15.9 Å². The summed E-state index contributed by atoms with van der Waals surface area (Å²) in [5.74, 6) is 0.0243. The maximum Gasteiger partial charge on any atom is 0.274 e. The highest BCUT2D eigenvalue weighted by molar-refractivity contribution is 6.31. The predicted molar refractivity (Wildman–Crippen MR) is 105 cm³/mol. The summed E-state index contributed by atoms with van der Waals surface area (Å²) >= 11 is 5.75. The fourth-order valence-electron chi connectivity index (χ4n) is 2.57. The number of anilines is 2. The van der Waals surface area contributed by atoms with Crippen LogP contribution < -0.4 is 10.6 Å². The molecule has 0 spiro atoms. The van der Waals surface area contributed by atoms with Crippen molar-refractivity contribution in [1.82, 2.24) is 9.97 Å². The molecule has 1 aromatic heterocycles. The van der Waals surface area contributed by atoms with Crippen LogP contribution in [0, 0.1) is 12.7 Å². The molecule has 2 N–H and O–H groups in total. The quantitative estimate of drug-likeness (QED) is 0.649. The average Bonchev–Trinajstić information content (AvgIpc) is 2.65. The van der Waals surface area contributed by atoms with Gasteiger partial charge in [-0.25, -0.2) is 14.4 Å². The molecule has 1 unspecified atom stereocenters. The van der Waals surface area contributed by atoms with Gasteiger partial charge in [-0.1, -0.05) is 41.9 Å². The van der Waals surface area contributed by atoms with Crippen molar-refractivity contribution in [3.05, 3.63) is 82.5 Å². The molecule has 0 aliphatic heterocycles. The zero-order valence-corrected chi connectivity index (χ0v) is 15.6. The van der Waals surface area contributed by atoms with E-state index in [0.29, 0.717) is 17.3 Å². The number of benzene rings is 2. The minimum Gasteiger partial charge on any atom is -0.363 e. The predicted octanol–water partition coefficient (Wildman–Crippen LogP) is 5.00. The van der Waals surface area contributed by atoms with Crippen LogP contribution in [0.3, 0.4) is 0 Å². The van der Waals surface area contributed by atoms with Gasteiger partial charge in [0.25, 0.3) is 5.91 Å². The molecule has 27 heavy (non-hydrogen) atoms. The zero-order valence-electron chi connectivity index (χ0n) is 14.8. The summed E-state index contributed by atoms with van der Waals surface area (Å²) in [6.07, 6.45) is 0. The zero-order chi connectivity index (χ0) is 19.4.